The number of carbonyl (C=O) groups is 1. The van der Waals surface area contributed by atoms with Crippen LogP contribution in [0.5, 0.6) is 11.5 Å². The van der Waals surface area contributed by atoms with E-state index in [2.05, 4.69) is 19.6 Å². The predicted octanol–water partition coefficient (Wildman–Crippen LogP) is 11.2. The highest BCUT2D eigenvalue weighted by Gasteiger charge is 2.65. The highest BCUT2D eigenvalue weighted by molar-refractivity contribution is 6.03. The SMILES string of the molecule is C=CCOC12Oc3ccc(O)cc3C3C(CCCCO)C(CCCCO)C=C(C(=NOCc4ccc([N+](=O)[O-])cc4)CC1N(Cc1ccc(F)cc1)C(=O)CCCCCCCCCCC)C32. The minimum Gasteiger partial charge on any atom is -0.508 e. The van der Waals surface area contributed by atoms with Gasteiger partial charge < -0.3 is 34.5 Å². The molecule has 3 aliphatic rings. The average Bonchev–Trinajstić information content (AvgIpc) is 3.31. The third-order valence-electron chi connectivity index (χ3n) is 13.7. The summed E-state index contributed by atoms with van der Waals surface area (Å²) in [7, 11) is 0. The number of phenols is 1. The van der Waals surface area contributed by atoms with Gasteiger partial charge in [0.15, 0.2) is 0 Å². The van der Waals surface area contributed by atoms with E-state index in [1.54, 1.807) is 48.5 Å². The van der Waals surface area contributed by atoms with Crippen LogP contribution in [0.4, 0.5) is 10.1 Å². The summed E-state index contributed by atoms with van der Waals surface area (Å²) in [5.74, 6) is -2.27. The second-order valence-electron chi connectivity index (χ2n) is 18.2. The first-order valence-corrected chi connectivity index (χ1v) is 24.3. The summed E-state index contributed by atoms with van der Waals surface area (Å²) in [6, 6.07) is 16.6. The number of fused-ring (bicyclic) bond motifs is 2. The van der Waals surface area contributed by atoms with Crippen LogP contribution in [0.15, 0.2) is 96.2 Å². The van der Waals surface area contributed by atoms with Crippen LogP contribution in [0.25, 0.3) is 0 Å². The Kier molecular flexibility index (Phi) is 19.2. The van der Waals surface area contributed by atoms with Crippen LogP contribution in [-0.2, 0) is 27.5 Å². The molecule has 1 saturated carbocycles. The van der Waals surface area contributed by atoms with Gasteiger partial charge in [-0.1, -0.05) is 101 Å². The summed E-state index contributed by atoms with van der Waals surface area (Å²) >= 11 is 0. The van der Waals surface area contributed by atoms with Crippen LogP contribution in [0.1, 0.15) is 139 Å². The molecule has 0 bridgehead atoms. The molecule has 6 rings (SSSR count). The lowest BCUT2D eigenvalue weighted by molar-refractivity contribution is -0.384. The standard InChI is InChI=1S/C53H70FN3O9/c1-3-5-6-7-8-9-10-11-12-19-50(61)56(36-38-20-24-41(54)25-21-38)49-35-47(55-65-37-39-22-26-42(27-23-39)57(62)63)45-33-40(17-13-15-30-58)44(18-14-16-31-59)51-46-34-43(60)28-29-48(46)66-53(49,52(45)51)64-32-4-2/h4,20-29,33-34,40,44,49,51-52,58-60H,2-3,5-19,30-32,35-37H2,1H3. The molecule has 1 amide bonds. The molecule has 2 aliphatic carbocycles. The maximum atomic E-state index is 15.1. The number of nitrogens with zero attached hydrogens (tertiary/aromatic N) is 3. The van der Waals surface area contributed by atoms with Crippen molar-refractivity contribution in [1.29, 1.82) is 0 Å². The molecule has 3 N–H and O–H groups in total. The highest BCUT2D eigenvalue weighted by atomic mass is 19.1. The van der Waals surface area contributed by atoms with Gasteiger partial charge in [0.25, 0.3) is 5.69 Å². The van der Waals surface area contributed by atoms with E-state index in [9.17, 15) is 29.8 Å². The molecule has 12 nitrogen and oxygen atoms in total. The highest BCUT2D eigenvalue weighted by Crippen LogP contribution is 2.62. The number of aliphatic hydroxyl groups excluding tert-OH is 2. The van der Waals surface area contributed by atoms with E-state index in [1.165, 1.54) is 56.4 Å². The Morgan fingerprint density at radius 1 is 0.924 bits per heavy atom. The van der Waals surface area contributed by atoms with Crippen LogP contribution in [0.3, 0.4) is 0 Å². The number of phenolic OH excluding ortho intramolecular Hbond substituents is 1. The van der Waals surface area contributed by atoms with E-state index in [4.69, 9.17) is 19.5 Å². The molecular weight excluding hydrogens is 842 g/mol. The molecular formula is C53H70FN3O9. The van der Waals surface area contributed by atoms with Crippen molar-refractivity contribution in [2.75, 3.05) is 19.8 Å². The number of aromatic hydroxyl groups is 1. The number of nitro benzene ring substituents is 1. The van der Waals surface area contributed by atoms with Crippen LogP contribution >= 0.6 is 0 Å². The summed E-state index contributed by atoms with van der Waals surface area (Å²) in [6.45, 7) is 6.61. The summed E-state index contributed by atoms with van der Waals surface area (Å²) in [6.07, 6.45) is 18.5. The Labute approximate surface area is 389 Å². The fourth-order valence-electron chi connectivity index (χ4n) is 10.4. The number of nitro groups is 1. The normalized spacial score (nSPS) is 22.5. The maximum absolute atomic E-state index is 15.1. The number of allylic oxidation sites excluding steroid dienone is 1. The quantitative estimate of drug-likeness (QED) is 0.0278. The van der Waals surface area contributed by atoms with Gasteiger partial charge in [0.2, 0.25) is 11.7 Å². The number of oxime groups is 1. The van der Waals surface area contributed by atoms with Gasteiger partial charge in [0.05, 0.1) is 23.2 Å². The minimum absolute atomic E-state index is 0.00286. The Bertz CT molecular complexity index is 2090. The molecule has 66 heavy (non-hydrogen) atoms. The topological polar surface area (TPSA) is 164 Å². The van der Waals surface area contributed by atoms with Crippen molar-refractivity contribution < 1.29 is 43.7 Å². The van der Waals surface area contributed by atoms with E-state index in [1.807, 2.05) is 4.90 Å². The summed E-state index contributed by atoms with van der Waals surface area (Å²) in [5, 5.41) is 47.2. The minimum atomic E-state index is -1.49. The Hall–Kier alpha value is -5.11. The second-order valence-corrected chi connectivity index (χ2v) is 18.2. The van der Waals surface area contributed by atoms with Gasteiger partial charge in [-0.3, -0.25) is 14.9 Å². The van der Waals surface area contributed by atoms with Crippen LogP contribution in [0.2, 0.25) is 0 Å². The van der Waals surface area contributed by atoms with Gasteiger partial charge >= 0.3 is 0 Å². The zero-order chi connectivity index (χ0) is 46.9. The smallest absolute Gasteiger partial charge is 0.269 e. The fourth-order valence-corrected chi connectivity index (χ4v) is 10.4. The van der Waals surface area contributed by atoms with Crippen molar-refractivity contribution >= 4 is 17.3 Å². The van der Waals surface area contributed by atoms with Gasteiger partial charge in [-0.15, -0.1) is 6.58 Å². The number of non-ortho nitro benzene ring substituents is 1. The number of hydrogen-bond donors (Lipinski definition) is 3. The number of unbranched alkanes of at least 4 members (excludes halogenated alkanes) is 10. The number of aliphatic hydroxyl groups is 2. The zero-order valence-electron chi connectivity index (χ0n) is 38.7. The third-order valence-corrected chi connectivity index (χ3v) is 13.7. The lowest BCUT2D eigenvalue weighted by Crippen LogP contribution is -2.70. The van der Waals surface area contributed by atoms with E-state index in [-0.39, 0.29) is 86.7 Å². The first-order chi connectivity index (χ1) is 32.1. The molecule has 1 fully saturated rings. The molecule has 3 aromatic carbocycles. The average molecular weight is 912 g/mol. The van der Waals surface area contributed by atoms with Crippen molar-refractivity contribution in [1.82, 2.24) is 4.90 Å². The van der Waals surface area contributed by atoms with E-state index < -0.39 is 22.7 Å². The summed E-state index contributed by atoms with van der Waals surface area (Å²) < 4.78 is 28.8. The molecule has 358 valence electrons. The number of carbonyl (C=O) groups excluding carboxylic acids is 1. The third kappa shape index (κ3) is 12.7. The van der Waals surface area contributed by atoms with Crippen LogP contribution < -0.4 is 4.74 Å². The van der Waals surface area contributed by atoms with Crippen molar-refractivity contribution in [3.05, 3.63) is 124 Å². The first-order valence-electron chi connectivity index (χ1n) is 24.3. The molecule has 13 heteroatoms. The number of rotatable bonds is 28. The molecule has 6 atom stereocenters. The maximum Gasteiger partial charge on any atom is 0.269 e. The summed E-state index contributed by atoms with van der Waals surface area (Å²) in [4.78, 5) is 34.0. The van der Waals surface area contributed by atoms with E-state index in [0.717, 1.165) is 61.6 Å². The van der Waals surface area contributed by atoms with Crippen LogP contribution in [0, 0.1) is 33.7 Å². The Balaban J connectivity index is 1.48. The number of amides is 1. The molecule has 3 aromatic rings. The second kappa shape index (κ2) is 25.1. The predicted molar refractivity (Wildman–Crippen MR) is 253 cm³/mol. The van der Waals surface area contributed by atoms with E-state index in [0.29, 0.717) is 36.3 Å². The Morgan fingerprint density at radius 3 is 2.26 bits per heavy atom. The lowest BCUT2D eigenvalue weighted by atomic mass is 9.55. The molecule has 0 saturated heterocycles. The molecule has 6 unspecified atom stereocenters. The fraction of sp³-hybridized carbons (Fsp3) is 0.547. The molecule has 0 aromatic heterocycles. The number of halogens is 1. The molecule has 0 radical (unpaired) electrons. The molecule has 0 spiro atoms. The van der Waals surface area contributed by atoms with Crippen molar-refractivity contribution in [3.63, 3.8) is 0 Å². The van der Waals surface area contributed by atoms with Crippen molar-refractivity contribution in [2.24, 2.45) is 22.9 Å². The molecule has 1 aliphatic heterocycles. The first kappa shape index (κ1) is 50.3. The summed E-state index contributed by atoms with van der Waals surface area (Å²) in [5.41, 5.74) is 3.63. The Morgan fingerprint density at radius 2 is 1.59 bits per heavy atom. The van der Waals surface area contributed by atoms with Crippen molar-refractivity contribution in [2.45, 2.75) is 147 Å². The van der Waals surface area contributed by atoms with Gasteiger partial charge in [-0.05, 0) is 103 Å². The van der Waals surface area contributed by atoms with E-state index >= 15 is 4.79 Å². The van der Waals surface area contributed by atoms with Gasteiger partial charge in [-0.25, -0.2) is 4.39 Å². The van der Waals surface area contributed by atoms with Gasteiger partial charge in [-0.2, -0.15) is 0 Å². The largest absolute Gasteiger partial charge is 0.508 e. The number of hydrogen-bond acceptors (Lipinski definition) is 10. The monoisotopic (exact) mass is 912 g/mol. The number of ether oxygens (including phenoxy) is 2. The van der Waals surface area contributed by atoms with Crippen LogP contribution in [-0.4, -0.2) is 68.4 Å². The van der Waals surface area contributed by atoms with Crippen molar-refractivity contribution in [3.8, 4) is 11.5 Å². The van der Waals surface area contributed by atoms with Gasteiger partial charge in [0.1, 0.15) is 30.0 Å². The number of benzene rings is 3. The lowest BCUT2D eigenvalue weighted by Gasteiger charge is -2.60. The zero-order valence-corrected chi connectivity index (χ0v) is 38.7. The van der Waals surface area contributed by atoms with Gasteiger partial charge in [0, 0.05) is 56.2 Å². The molecule has 1 heterocycles.